The zero-order chi connectivity index (χ0) is 11.4. The van der Waals surface area contributed by atoms with E-state index in [0.29, 0.717) is 0 Å². The largest absolute Gasteiger partial charge is 0.399 e. The van der Waals surface area contributed by atoms with E-state index in [9.17, 15) is 0 Å². The van der Waals surface area contributed by atoms with Gasteiger partial charge in [0.1, 0.15) is 0 Å². The van der Waals surface area contributed by atoms with E-state index < -0.39 is 0 Å². The van der Waals surface area contributed by atoms with Crippen molar-refractivity contribution in [2.24, 2.45) is 5.92 Å². The molecule has 0 spiro atoms. The summed E-state index contributed by atoms with van der Waals surface area (Å²) in [6.07, 6.45) is 5.07. The van der Waals surface area contributed by atoms with Gasteiger partial charge in [-0.1, -0.05) is 17.7 Å². The number of hydrogen-bond donors (Lipinski definition) is 2. The van der Waals surface area contributed by atoms with Crippen LogP contribution < -0.4 is 11.1 Å². The highest BCUT2D eigenvalue weighted by Gasteiger charge is 2.13. The number of nitrogens with one attached hydrogen (secondary N) is 1. The normalized spacial score (nSPS) is 17.6. The smallest absolute Gasteiger partial charge is 0.0346 e. The van der Waals surface area contributed by atoms with E-state index in [0.717, 1.165) is 18.0 Å². The van der Waals surface area contributed by atoms with E-state index in [2.05, 4.69) is 24.4 Å². The molecule has 88 valence electrons. The fraction of sp³-hybridized carbons (Fsp3) is 0.571. The second-order valence-electron chi connectivity index (χ2n) is 4.93. The Balaban J connectivity index is 1.90. The molecule has 0 bridgehead atoms. The summed E-state index contributed by atoms with van der Waals surface area (Å²) in [7, 11) is 0. The lowest BCUT2D eigenvalue weighted by Gasteiger charge is -2.22. The molecule has 0 aromatic heterocycles. The standard InChI is InChI=1S/C14H22N2/c1-11-2-5-14(15)13(10-11)4-3-12-6-8-16-9-7-12/h2,5,10,12,16H,3-4,6-9,15H2,1H3. The highest BCUT2D eigenvalue weighted by atomic mass is 14.9. The van der Waals surface area contributed by atoms with E-state index in [1.54, 1.807) is 0 Å². The van der Waals surface area contributed by atoms with E-state index in [-0.39, 0.29) is 0 Å². The molecule has 0 saturated carbocycles. The van der Waals surface area contributed by atoms with Gasteiger partial charge in [0.15, 0.2) is 0 Å². The third-order valence-corrected chi connectivity index (χ3v) is 3.58. The van der Waals surface area contributed by atoms with Gasteiger partial charge in [-0.3, -0.25) is 0 Å². The van der Waals surface area contributed by atoms with Gasteiger partial charge in [-0.05, 0) is 63.2 Å². The monoisotopic (exact) mass is 218 g/mol. The lowest BCUT2D eigenvalue weighted by Crippen LogP contribution is -2.27. The molecule has 16 heavy (non-hydrogen) atoms. The number of hydrogen-bond acceptors (Lipinski definition) is 2. The first kappa shape index (κ1) is 11.5. The van der Waals surface area contributed by atoms with E-state index >= 15 is 0 Å². The summed E-state index contributed by atoms with van der Waals surface area (Å²) in [5, 5.41) is 3.41. The Kier molecular flexibility index (Phi) is 3.83. The topological polar surface area (TPSA) is 38.0 Å². The van der Waals surface area contributed by atoms with Crippen molar-refractivity contribution >= 4 is 5.69 Å². The number of aryl methyl sites for hydroxylation is 2. The Morgan fingerprint density at radius 1 is 1.31 bits per heavy atom. The van der Waals surface area contributed by atoms with Crippen LogP contribution in [0.2, 0.25) is 0 Å². The molecule has 1 fully saturated rings. The first-order valence-electron chi connectivity index (χ1n) is 6.31. The van der Waals surface area contributed by atoms with Gasteiger partial charge in [0, 0.05) is 5.69 Å². The van der Waals surface area contributed by atoms with Gasteiger partial charge >= 0.3 is 0 Å². The summed E-state index contributed by atoms with van der Waals surface area (Å²) in [4.78, 5) is 0. The zero-order valence-corrected chi connectivity index (χ0v) is 10.1. The van der Waals surface area contributed by atoms with Crippen LogP contribution in [0.15, 0.2) is 18.2 Å². The molecule has 0 amide bonds. The number of anilines is 1. The molecule has 1 heterocycles. The second kappa shape index (κ2) is 5.35. The average Bonchev–Trinajstić information content (AvgIpc) is 2.32. The zero-order valence-electron chi connectivity index (χ0n) is 10.1. The van der Waals surface area contributed by atoms with Gasteiger partial charge in [-0.25, -0.2) is 0 Å². The molecule has 1 aliphatic heterocycles. The van der Waals surface area contributed by atoms with Crippen molar-refractivity contribution in [3.05, 3.63) is 29.3 Å². The first-order chi connectivity index (χ1) is 7.75. The average molecular weight is 218 g/mol. The highest BCUT2D eigenvalue weighted by Crippen LogP contribution is 2.22. The fourth-order valence-corrected chi connectivity index (χ4v) is 2.48. The summed E-state index contributed by atoms with van der Waals surface area (Å²) >= 11 is 0. The molecule has 2 rings (SSSR count). The second-order valence-corrected chi connectivity index (χ2v) is 4.93. The maximum atomic E-state index is 5.99. The molecule has 1 saturated heterocycles. The third kappa shape index (κ3) is 2.99. The summed E-state index contributed by atoms with van der Waals surface area (Å²) in [5.74, 6) is 0.890. The molecule has 0 radical (unpaired) electrons. The van der Waals surface area contributed by atoms with E-state index in [1.165, 1.54) is 43.5 Å². The minimum Gasteiger partial charge on any atom is -0.399 e. The van der Waals surface area contributed by atoms with Crippen molar-refractivity contribution in [2.75, 3.05) is 18.8 Å². The summed E-state index contributed by atoms with van der Waals surface area (Å²) in [5.41, 5.74) is 9.60. The third-order valence-electron chi connectivity index (χ3n) is 3.58. The molecule has 1 aromatic rings. The Morgan fingerprint density at radius 2 is 2.06 bits per heavy atom. The maximum Gasteiger partial charge on any atom is 0.0346 e. The van der Waals surface area contributed by atoms with Crippen LogP contribution in [0.4, 0.5) is 5.69 Å². The Bertz CT molecular complexity index is 341. The quantitative estimate of drug-likeness (QED) is 0.765. The molecular weight excluding hydrogens is 196 g/mol. The van der Waals surface area contributed by atoms with Crippen molar-refractivity contribution < 1.29 is 0 Å². The Hall–Kier alpha value is -1.02. The number of nitrogens with two attached hydrogens (primary N) is 1. The van der Waals surface area contributed by atoms with Gasteiger partial charge < -0.3 is 11.1 Å². The van der Waals surface area contributed by atoms with Crippen molar-refractivity contribution in [2.45, 2.75) is 32.6 Å². The molecule has 1 aromatic carbocycles. The minimum absolute atomic E-state index is 0.890. The lowest BCUT2D eigenvalue weighted by molar-refractivity contribution is 0.354. The van der Waals surface area contributed by atoms with Crippen LogP contribution in [0.5, 0.6) is 0 Å². The van der Waals surface area contributed by atoms with Gasteiger partial charge in [0.05, 0.1) is 0 Å². The fourth-order valence-electron chi connectivity index (χ4n) is 2.48. The van der Waals surface area contributed by atoms with Crippen LogP contribution in [0.3, 0.4) is 0 Å². The van der Waals surface area contributed by atoms with Crippen LogP contribution in [-0.4, -0.2) is 13.1 Å². The predicted octanol–water partition coefficient (Wildman–Crippen LogP) is 2.51. The van der Waals surface area contributed by atoms with Gasteiger partial charge in [0.2, 0.25) is 0 Å². The van der Waals surface area contributed by atoms with Gasteiger partial charge in [0.25, 0.3) is 0 Å². The molecule has 1 aliphatic rings. The molecule has 3 N–H and O–H groups in total. The lowest BCUT2D eigenvalue weighted by atomic mass is 9.91. The molecule has 2 heteroatoms. The number of piperidine rings is 1. The van der Waals surface area contributed by atoms with Crippen LogP contribution >= 0.6 is 0 Å². The molecular formula is C14H22N2. The van der Waals surface area contributed by atoms with Crippen molar-refractivity contribution in [3.63, 3.8) is 0 Å². The summed E-state index contributed by atoms with van der Waals surface area (Å²) in [6.45, 7) is 4.51. The van der Waals surface area contributed by atoms with Crippen LogP contribution in [-0.2, 0) is 6.42 Å². The van der Waals surface area contributed by atoms with Crippen LogP contribution in [0, 0.1) is 12.8 Å². The minimum atomic E-state index is 0.890. The van der Waals surface area contributed by atoms with Crippen LogP contribution in [0.25, 0.3) is 0 Å². The first-order valence-corrected chi connectivity index (χ1v) is 6.31. The van der Waals surface area contributed by atoms with Crippen molar-refractivity contribution in [1.29, 1.82) is 0 Å². The SMILES string of the molecule is Cc1ccc(N)c(CCC2CCNCC2)c1. The highest BCUT2D eigenvalue weighted by molar-refractivity contribution is 5.48. The number of nitrogen functional groups attached to an aromatic ring is 1. The Labute approximate surface area is 98.2 Å². The van der Waals surface area contributed by atoms with Crippen molar-refractivity contribution in [3.8, 4) is 0 Å². The summed E-state index contributed by atoms with van der Waals surface area (Å²) < 4.78 is 0. The molecule has 0 unspecified atom stereocenters. The maximum absolute atomic E-state index is 5.99. The molecule has 0 aliphatic carbocycles. The number of rotatable bonds is 3. The van der Waals surface area contributed by atoms with E-state index in [1.807, 2.05) is 6.07 Å². The van der Waals surface area contributed by atoms with E-state index in [4.69, 9.17) is 5.73 Å². The van der Waals surface area contributed by atoms with Gasteiger partial charge in [-0.15, -0.1) is 0 Å². The predicted molar refractivity (Wildman–Crippen MR) is 69.5 cm³/mol. The molecule has 0 atom stereocenters. The van der Waals surface area contributed by atoms with Gasteiger partial charge in [-0.2, -0.15) is 0 Å². The number of benzene rings is 1. The molecule has 2 nitrogen and oxygen atoms in total. The van der Waals surface area contributed by atoms with Crippen LogP contribution in [0.1, 0.15) is 30.4 Å². The Morgan fingerprint density at radius 3 is 2.81 bits per heavy atom. The van der Waals surface area contributed by atoms with Crippen molar-refractivity contribution in [1.82, 2.24) is 5.32 Å². The summed E-state index contributed by atoms with van der Waals surface area (Å²) in [6, 6.07) is 6.35.